The van der Waals surface area contributed by atoms with Crippen LogP contribution in [0, 0.1) is 11.3 Å². The van der Waals surface area contributed by atoms with Crippen LogP contribution in [-0.4, -0.2) is 4.98 Å². The normalized spacial score (nSPS) is 15.7. The van der Waals surface area contributed by atoms with Crippen LogP contribution in [-0.2, 0) is 6.54 Å². The summed E-state index contributed by atoms with van der Waals surface area (Å²) < 4.78 is 5.49. The van der Waals surface area contributed by atoms with Crippen molar-refractivity contribution in [3.05, 3.63) is 77.0 Å². The molecule has 2 aromatic carbocycles. The van der Waals surface area contributed by atoms with Crippen molar-refractivity contribution in [1.29, 1.82) is 5.26 Å². The Morgan fingerprint density at radius 2 is 2.08 bits per heavy atom. The Balaban J connectivity index is 1.70. The molecule has 6 heteroatoms. The van der Waals surface area contributed by atoms with Gasteiger partial charge < -0.3 is 14.6 Å². The summed E-state index contributed by atoms with van der Waals surface area (Å²) >= 11 is 6.11. The average Bonchev–Trinajstić information content (AvgIpc) is 3.23. The number of nitrogens with zero attached hydrogens (tertiary/aromatic N) is 3. The van der Waals surface area contributed by atoms with E-state index in [1.165, 1.54) is 0 Å². The van der Waals surface area contributed by atoms with Crippen molar-refractivity contribution in [3.63, 3.8) is 0 Å². The predicted octanol–water partition coefficient (Wildman–Crippen LogP) is 4.33. The molecule has 0 saturated heterocycles. The van der Waals surface area contributed by atoms with Crippen LogP contribution in [0.4, 0.5) is 11.4 Å². The topological polar surface area (TPSA) is 65.1 Å². The van der Waals surface area contributed by atoms with E-state index < -0.39 is 0 Å². The molecule has 0 saturated carbocycles. The van der Waals surface area contributed by atoms with Crippen molar-refractivity contribution >= 4 is 23.0 Å². The first-order chi connectivity index (χ1) is 11.7. The SMILES string of the molecule is N#Cc1ccc(CN2c3ccc(Cl)cc3NC2c2ncco2)cc1. The lowest BCUT2D eigenvalue weighted by Gasteiger charge is -2.24. The van der Waals surface area contributed by atoms with Crippen LogP contribution in [0.5, 0.6) is 0 Å². The third kappa shape index (κ3) is 2.57. The van der Waals surface area contributed by atoms with Crippen LogP contribution < -0.4 is 10.2 Å². The van der Waals surface area contributed by atoms with E-state index in [4.69, 9.17) is 21.3 Å². The number of hydrogen-bond donors (Lipinski definition) is 1. The molecule has 0 bridgehead atoms. The number of hydrogen-bond acceptors (Lipinski definition) is 5. The first kappa shape index (κ1) is 14.6. The Bertz CT molecular complexity index is 900. The predicted molar refractivity (Wildman–Crippen MR) is 91.7 cm³/mol. The third-order valence-electron chi connectivity index (χ3n) is 3.99. The number of nitriles is 1. The van der Waals surface area contributed by atoms with Gasteiger partial charge in [0, 0.05) is 11.6 Å². The van der Waals surface area contributed by atoms with E-state index in [0.29, 0.717) is 23.0 Å². The molecule has 0 aliphatic carbocycles. The van der Waals surface area contributed by atoms with Gasteiger partial charge in [-0.2, -0.15) is 5.26 Å². The third-order valence-corrected chi connectivity index (χ3v) is 4.23. The first-order valence-corrected chi connectivity index (χ1v) is 7.83. The molecule has 1 aromatic heterocycles. The van der Waals surface area contributed by atoms with Crippen LogP contribution in [0.2, 0.25) is 5.02 Å². The van der Waals surface area contributed by atoms with Crippen LogP contribution in [0.3, 0.4) is 0 Å². The zero-order valence-corrected chi connectivity index (χ0v) is 13.4. The van der Waals surface area contributed by atoms with Crippen LogP contribution >= 0.6 is 11.6 Å². The van der Waals surface area contributed by atoms with E-state index in [-0.39, 0.29) is 6.17 Å². The second-order valence-electron chi connectivity index (χ2n) is 5.52. The molecule has 1 N–H and O–H groups in total. The number of aromatic nitrogens is 1. The smallest absolute Gasteiger partial charge is 0.237 e. The molecule has 5 nitrogen and oxygen atoms in total. The van der Waals surface area contributed by atoms with Crippen molar-refractivity contribution in [2.75, 3.05) is 10.2 Å². The summed E-state index contributed by atoms with van der Waals surface area (Å²) in [6, 6.07) is 15.4. The Morgan fingerprint density at radius 3 is 2.79 bits per heavy atom. The van der Waals surface area contributed by atoms with Gasteiger partial charge in [-0.15, -0.1) is 0 Å². The van der Waals surface area contributed by atoms with Gasteiger partial charge in [0.15, 0.2) is 6.17 Å². The zero-order chi connectivity index (χ0) is 16.5. The summed E-state index contributed by atoms with van der Waals surface area (Å²) in [5, 5.41) is 13.0. The minimum atomic E-state index is -0.205. The molecular formula is C18H13ClN4O. The zero-order valence-electron chi connectivity index (χ0n) is 12.6. The molecule has 24 heavy (non-hydrogen) atoms. The molecular weight excluding hydrogens is 324 g/mol. The summed E-state index contributed by atoms with van der Waals surface area (Å²) in [6.07, 6.45) is 2.99. The Hall–Kier alpha value is -2.97. The summed E-state index contributed by atoms with van der Waals surface area (Å²) in [5.41, 5.74) is 3.72. The number of anilines is 2. The van der Waals surface area contributed by atoms with Gasteiger partial charge in [-0.1, -0.05) is 23.7 Å². The number of halogens is 1. The minimum absolute atomic E-state index is 0.205. The molecule has 0 radical (unpaired) electrons. The number of benzene rings is 2. The molecule has 4 rings (SSSR count). The summed E-state index contributed by atoms with van der Waals surface area (Å²) in [5.74, 6) is 0.593. The van der Waals surface area contributed by atoms with E-state index in [2.05, 4.69) is 21.3 Å². The molecule has 1 atom stereocenters. The quantitative estimate of drug-likeness (QED) is 0.771. The number of oxazole rings is 1. The number of nitrogens with one attached hydrogen (secondary N) is 1. The van der Waals surface area contributed by atoms with E-state index in [1.807, 2.05) is 42.5 Å². The molecule has 118 valence electrons. The van der Waals surface area contributed by atoms with Gasteiger partial charge in [0.2, 0.25) is 5.89 Å². The van der Waals surface area contributed by atoms with Crippen LogP contribution in [0.1, 0.15) is 23.2 Å². The monoisotopic (exact) mass is 336 g/mol. The summed E-state index contributed by atoms with van der Waals surface area (Å²) in [7, 11) is 0. The summed E-state index contributed by atoms with van der Waals surface area (Å²) in [4.78, 5) is 6.44. The lowest BCUT2D eigenvalue weighted by atomic mass is 10.1. The molecule has 1 unspecified atom stereocenters. The molecule has 3 aromatic rings. The van der Waals surface area contributed by atoms with Crippen molar-refractivity contribution in [3.8, 4) is 6.07 Å². The van der Waals surface area contributed by atoms with Gasteiger partial charge in [-0.05, 0) is 35.9 Å². The van der Waals surface area contributed by atoms with E-state index in [1.54, 1.807) is 12.5 Å². The number of rotatable bonds is 3. The second-order valence-corrected chi connectivity index (χ2v) is 5.95. The molecule has 0 fully saturated rings. The van der Waals surface area contributed by atoms with Crippen molar-refractivity contribution in [1.82, 2.24) is 4.98 Å². The average molecular weight is 337 g/mol. The maximum Gasteiger partial charge on any atom is 0.237 e. The number of fused-ring (bicyclic) bond motifs is 1. The van der Waals surface area contributed by atoms with Crippen molar-refractivity contribution in [2.24, 2.45) is 0 Å². The molecule has 2 heterocycles. The highest BCUT2D eigenvalue weighted by molar-refractivity contribution is 6.31. The minimum Gasteiger partial charge on any atom is -0.445 e. The fraction of sp³-hybridized carbons (Fsp3) is 0.111. The Kier molecular flexibility index (Phi) is 3.60. The van der Waals surface area contributed by atoms with Gasteiger partial charge in [-0.25, -0.2) is 4.98 Å². The fourth-order valence-corrected chi connectivity index (χ4v) is 3.03. The van der Waals surface area contributed by atoms with Crippen molar-refractivity contribution in [2.45, 2.75) is 12.7 Å². The molecule has 1 aliphatic rings. The Labute approximate surface area is 144 Å². The highest BCUT2D eigenvalue weighted by Crippen LogP contribution is 2.42. The van der Waals surface area contributed by atoms with E-state index in [9.17, 15) is 0 Å². The maximum absolute atomic E-state index is 8.93. The van der Waals surface area contributed by atoms with Crippen molar-refractivity contribution < 1.29 is 4.42 Å². The maximum atomic E-state index is 8.93. The molecule has 0 spiro atoms. The van der Waals surface area contributed by atoms with E-state index >= 15 is 0 Å². The Morgan fingerprint density at radius 1 is 1.25 bits per heavy atom. The van der Waals surface area contributed by atoms with Gasteiger partial charge in [-0.3, -0.25) is 0 Å². The fourth-order valence-electron chi connectivity index (χ4n) is 2.86. The second kappa shape index (κ2) is 5.91. The molecule has 1 aliphatic heterocycles. The highest BCUT2D eigenvalue weighted by atomic mass is 35.5. The lowest BCUT2D eigenvalue weighted by molar-refractivity contribution is 0.457. The van der Waals surface area contributed by atoms with Gasteiger partial charge in [0.05, 0.1) is 29.2 Å². The standard InChI is InChI=1S/C18H13ClN4O/c19-14-5-6-16-15(9-14)22-17(18-21-7-8-24-18)23(16)11-13-3-1-12(10-20)2-4-13/h1-9,17,22H,11H2. The molecule has 0 amide bonds. The lowest BCUT2D eigenvalue weighted by Crippen LogP contribution is -2.27. The van der Waals surface area contributed by atoms with Crippen LogP contribution in [0.25, 0.3) is 0 Å². The summed E-state index contributed by atoms with van der Waals surface area (Å²) in [6.45, 7) is 0.653. The van der Waals surface area contributed by atoms with Gasteiger partial charge in [0.25, 0.3) is 0 Å². The highest BCUT2D eigenvalue weighted by Gasteiger charge is 2.32. The van der Waals surface area contributed by atoms with Gasteiger partial charge in [0.1, 0.15) is 6.26 Å². The van der Waals surface area contributed by atoms with E-state index in [0.717, 1.165) is 16.9 Å². The first-order valence-electron chi connectivity index (χ1n) is 7.46. The largest absolute Gasteiger partial charge is 0.445 e. The van der Waals surface area contributed by atoms with Crippen LogP contribution in [0.15, 0.2) is 59.3 Å². The van der Waals surface area contributed by atoms with Gasteiger partial charge >= 0.3 is 0 Å².